The number of halogens is 1. The SMILES string of the molecule is CNCc1scc(C)c1Br. The molecule has 1 aromatic heterocycles. The molecule has 0 fully saturated rings. The molecule has 0 atom stereocenters. The van der Waals surface area contributed by atoms with Gasteiger partial charge in [-0.2, -0.15) is 0 Å². The molecule has 56 valence electrons. The van der Waals surface area contributed by atoms with E-state index in [1.54, 1.807) is 11.3 Å². The Morgan fingerprint density at radius 1 is 1.70 bits per heavy atom. The summed E-state index contributed by atoms with van der Waals surface area (Å²) in [7, 11) is 1.96. The van der Waals surface area contributed by atoms with Crippen molar-refractivity contribution < 1.29 is 0 Å². The van der Waals surface area contributed by atoms with Crippen LogP contribution in [0, 0.1) is 6.92 Å². The lowest BCUT2D eigenvalue weighted by Gasteiger charge is -1.95. The van der Waals surface area contributed by atoms with Crippen LogP contribution in [0.2, 0.25) is 0 Å². The summed E-state index contributed by atoms with van der Waals surface area (Å²) in [5.41, 5.74) is 1.33. The van der Waals surface area contributed by atoms with Crippen LogP contribution >= 0.6 is 27.3 Å². The Kier molecular flexibility index (Phi) is 2.89. The van der Waals surface area contributed by atoms with Gasteiger partial charge in [-0.1, -0.05) is 0 Å². The van der Waals surface area contributed by atoms with E-state index in [9.17, 15) is 0 Å². The summed E-state index contributed by atoms with van der Waals surface area (Å²) >= 11 is 5.31. The molecule has 1 aromatic rings. The molecule has 10 heavy (non-hydrogen) atoms. The molecule has 0 aromatic carbocycles. The highest BCUT2D eigenvalue weighted by molar-refractivity contribution is 9.10. The Bertz CT molecular complexity index is 219. The van der Waals surface area contributed by atoms with Gasteiger partial charge in [-0.15, -0.1) is 11.3 Å². The van der Waals surface area contributed by atoms with Crippen LogP contribution in [0.15, 0.2) is 9.85 Å². The van der Waals surface area contributed by atoms with E-state index in [1.807, 2.05) is 7.05 Å². The van der Waals surface area contributed by atoms with Crippen molar-refractivity contribution in [2.75, 3.05) is 7.05 Å². The third kappa shape index (κ3) is 1.59. The molecule has 0 unspecified atom stereocenters. The van der Waals surface area contributed by atoms with Gasteiger partial charge in [-0.05, 0) is 40.8 Å². The summed E-state index contributed by atoms with van der Waals surface area (Å²) in [6, 6.07) is 0. The average molecular weight is 220 g/mol. The summed E-state index contributed by atoms with van der Waals surface area (Å²) in [5, 5.41) is 5.28. The van der Waals surface area contributed by atoms with E-state index in [1.165, 1.54) is 14.9 Å². The Morgan fingerprint density at radius 3 is 2.80 bits per heavy atom. The number of thiophene rings is 1. The Labute approximate surface area is 73.6 Å². The standard InChI is InChI=1S/C7H10BrNS/c1-5-4-10-6(3-9-2)7(5)8/h4,9H,3H2,1-2H3. The minimum atomic E-state index is 0.957. The zero-order valence-electron chi connectivity index (χ0n) is 6.07. The van der Waals surface area contributed by atoms with E-state index < -0.39 is 0 Å². The monoisotopic (exact) mass is 219 g/mol. The van der Waals surface area contributed by atoms with Gasteiger partial charge in [0.05, 0.1) is 0 Å². The van der Waals surface area contributed by atoms with Gasteiger partial charge in [0.15, 0.2) is 0 Å². The lowest BCUT2D eigenvalue weighted by Crippen LogP contribution is -2.03. The molecule has 0 radical (unpaired) electrons. The first-order valence-corrected chi connectivity index (χ1v) is 4.80. The third-order valence-electron chi connectivity index (χ3n) is 1.31. The maximum atomic E-state index is 3.52. The summed E-state index contributed by atoms with van der Waals surface area (Å²) < 4.78 is 1.26. The van der Waals surface area contributed by atoms with E-state index in [2.05, 4.69) is 33.6 Å². The van der Waals surface area contributed by atoms with Gasteiger partial charge in [0.1, 0.15) is 0 Å². The molecule has 0 spiro atoms. The quantitative estimate of drug-likeness (QED) is 0.807. The smallest absolute Gasteiger partial charge is 0.0356 e. The van der Waals surface area contributed by atoms with Crippen LogP contribution < -0.4 is 5.32 Å². The molecule has 0 saturated carbocycles. The van der Waals surface area contributed by atoms with E-state index in [0.717, 1.165) is 6.54 Å². The minimum Gasteiger partial charge on any atom is -0.315 e. The first kappa shape index (κ1) is 8.24. The summed E-state index contributed by atoms with van der Waals surface area (Å²) in [5.74, 6) is 0. The van der Waals surface area contributed by atoms with Crippen molar-refractivity contribution in [3.63, 3.8) is 0 Å². The number of nitrogens with one attached hydrogen (secondary N) is 1. The molecule has 1 heterocycles. The highest BCUT2D eigenvalue weighted by Gasteiger charge is 2.02. The fourth-order valence-corrected chi connectivity index (χ4v) is 2.38. The van der Waals surface area contributed by atoms with Crippen LogP contribution in [0.4, 0.5) is 0 Å². The molecule has 1 nitrogen and oxygen atoms in total. The van der Waals surface area contributed by atoms with E-state index in [4.69, 9.17) is 0 Å². The van der Waals surface area contributed by atoms with Crippen LogP contribution in [-0.2, 0) is 6.54 Å². The van der Waals surface area contributed by atoms with Crippen molar-refractivity contribution in [3.8, 4) is 0 Å². The molecule has 1 N–H and O–H groups in total. The van der Waals surface area contributed by atoms with Crippen molar-refractivity contribution >= 4 is 27.3 Å². The Morgan fingerprint density at radius 2 is 2.40 bits per heavy atom. The molecule has 3 heteroatoms. The van der Waals surface area contributed by atoms with Gasteiger partial charge in [-0.3, -0.25) is 0 Å². The van der Waals surface area contributed by atoms with E-state index in [0.29, 0.717) is 0 Å². The normalized spacial score (nSPS) is 10.3. The van der Waals surface area contributed by atoms with Gasteiger partial charge in [0.25, 0.3) is 0 Å². The summed E-state index contributed by atoms with van der Waals surface area (Å²) in [6.07, 6.45) is 0. The van der Waals surface area contributed by atoms with Crippen LogP contribution in [-0.4, -0.2) is 7.05 Å². The van der Waals surface area contributed by atoms with Gasteiger partial charge < -0.3 is 5.32 Å². The molecule has 0 amide bonds. The largest absolute Gasteiger partial charge is 0.315 e. The van der Waals surface area contributed by atoms with Gasteiger partial charge in [-0.25, -0.2) is 0 Å². The van der Waals surface area contributed by atoms with Gasteiger partial charge in [0.2, 0.25) is 0 Å². The second-order valence-corrected chi connectivity index (χ2v) is 3.94. The van der Waals surface area contributed by atoms with Gasteiger partial charge >= 0.3 is 0 Å². The van der Waals surface area contributed by atoms with E-state index >= 15 is 0 Å². The fraction of sp³-hybridized carbons (Fsp3) is 0.429. The Hall–Kier alpha value is 0.140. The molecule has 0 bridgehead atoms. The third-order valence-corrected chi connectivity index (χ3v) is 3.78. The van der Waals surface area contributed by atoms with Crippen molar-refractivity contribution in [3.05, 3.63) is 20.3 Å². The van der Waals surface area contributed by atoms with Crippen LogP contribution in [0.25, 0.3) is 0 Å². The molecule has 0 aliphatic carbocycles. The second kappa shape index (κ2) is 3.51. The zero-order valence-corrected chi connectivity index (χ0v) is 8.47. The first-order valence-electron chi connectivity index (χ1n) is 3.12. The predicted molar refractivity (Wildman–Crippen MR) is 49.5 cm³/mol. The summed E-state index contributed by atoms with van der Waals surface area (Å²) in [4.78, 5) is 1.38. The maximum Gasteiger partial charge on any atom is 0.0356 e. The molecular formula is C7H10BrNS. The molecule has 0 aliphatic heterocycles. The number of hydrogen-bond acceptors (Lipinski definition) is 2. The van der Waals surface area contributed by atoms with Crippen molar-refractivity contribution in [2.45, 2.75) is 13.5 Å². The van der Waals surface area contributed by atoms with Crippen molar-refractivity contribution in [1.82, 2.24) is 5.32 Å². The lowest BCUT2D eigenvalue weighted by atomic mass is 10.3. The van der Waals surface area contributed by atoms with Crippen LogP contribution in [0.1, 0.15) is 10.4 Å². The highest BCUT2D eigenvalue weighted by Crippen LogP contribution is 2.27. The second-order valence-electron chi connectivity index (χ2n) is 2.19. The van der Waals surface area contributed by atoms with Crippen LogP contribution in [0.5, 0.6) is 0 Å². The average Bonchev–Trinajstić information content (AvgIpc) is 2.20. The van der Waals surface area contributed by atoms with Crippen molar-refractivity contribution in [2.24, 2.45) is 0 Å². The molecular weight excluding hydrogens is 210 g/mol. The minimum absolute atomic E-state index is 0.957. The summed E-state index contributed by atoms with van der Waals surface area (Å²) in [6.45, 7) is 3.07. The van der Waals surface area contributed by atoms with E-state index in [-0.39, 0.29) is 0 Å². The predicted octanol–water partition coefficient (Wildman–Crippen LogP) is 2.54. The number of rotatable bonds is 2. The zero-order chi connectivity index (χ0) is 7.56. The maximum absolute atomic E-state index is 3.52. The number of hydrogen-bond donors (Lipinski definition) is 1. The Balaban J connectivity index is 2.83. The first-order chi connectivity index (χ1) is 4.75. The topological polar surface area (TPSA) is 12.0 Å². The molecule has 0 saturated heterocycles. The lowest BCUT2D eigenvalue weighted by molar-refractivity contribution is 0.828. The highest BCUT2D eigenvalue weighted by atomic mass is 79.9. The van der Waals surface area contributed by atoms with Gasteiger partial charge in [0, 0.05) is 15.9 Å². The molecule has 1 rings (SSSR count). The number of aryl methyl sites for hydroxylation is 1. The fourth-order valence-electron chi connectivity index (χ4n) is 0.763. The van der Waals surface area contributed by atoms with Crippen molar-refractivity contribution in [1.29, 1.82) is 0 Å². The molecule has 0 aliphatic rings. The van der Waals surface area contributed by atoms with Crippen LogP contribution in [0.3, 0.4) is 0 Å².